The molecule has 1 aliphatic heterocycles. The number of thioether (sulfide) groups is 1. The van der Waals surface area contributed by atoms with E-state index in [4.69, 9.17) is 0 Å². The molecule has 0 aromatic rings. The maximum atomic E-state index is 12.2. The zero-order chi connectivity index (χ0) is 15.1. The summed E-state index contributed by atoms with van der Waals surface area (Å²) in [6.07, 6.45) is 4.48. The Labute approximate surface area is 126 Å². The second-order valence-electron chi connectivity index (χ2n) is 5.44. The third-order valence-corrected chi connectivity index (χ3v) is 5.08. The van der Waals surface area contributed by atoms with Crippen LogP contribution in [0.25, 0.3) is 0 Å². The van der Waals surface area contributed by atoms with Gasteiger partial charge in [0.05, 0.1) is 10.9 Å². The molecule has 1 fully saturated rings. The average molecular weight is 297 g/mol. The molecule has 0 aromatic carbocycles. The van der Waals surface area contributed by atoms with Crippen LogP contribution >= 0.6 is 11.8 Å². The van der Waals surface area contributed by atoms with Crippen molar-refractivity contribution >= 4 is 37.1 Å². The van der Waals surface area contributed by atoms with Crippen molar-refractivity contribution in [1.82, 2.24) is 4.90 Å². The lowest BCUT2D eigenvalue weighted by Crippen LogP contribution is -2.32. The Morgan fingerprint density at radius 3 is 2.70 bits per heavy atom. The molecule has 2 unspecified atom stereocenters. The van der Waals surface area contributed by atoms with Crippen molar-refractivity contribution in [2.75, 3.05) is 6.54 Å². The summed E-state index contributed by atoms with van der Waals surface area (Å²) in [4.78, 5) is 36.3. The van der Waals surface area contributed by atoms with Crippen LogP contribution in [0.1, 0.15) is 52.4 Å². The van der Waals surface area contributed by atoms with Gasteiger partial charge in [-0.15, -0.1) is 11.8 Å². The molecule has 6 heteroatoms. The smallest absolute Gasteiger partial charge is 0.242 e. The fourth-order valence-electron chi connectivity index (χ4n) is 2.19. The van der Waals surface area contributed by atoms with Gasteiger partial charge in [-0.05, 0) is 25.7 Å². The number of hydrogen-bond donors (Lipinski definition) is 0. The average Bonchev–Trinajstić information content (AvgIpc) is 2.65. The van der Waals surface area contributed by atoms with Crippen molar-refractivity contribution in [3.8, 4) is 0 Å². The SMILES string of the molecule is BC(=O)CCCCCN1C(=O)CC(SC(C)CC)C1=O. The van der Waals surface area contributed by atoms with Crippen molar-refractivity contribution in [2.24, 2.45) is 0 Å². The molecule has 0 aromatic heterocycles. The van der Waals surface area contributed by atoms with Gasteiger partial charge in [0.25, 0.3) is 0 Å². The molecule has 0 saturated carbocycles. The van der Waals surface area contributed by atoms with E-state index in [-0.39, 0.29) is 22.7 Å². The normalized spacial score (nSPS) is 20.5. The summed E-state index contributed by atoms with van der Waals surface area (Å²) in [5, 5.41) is 0.224. The Bertz CT molecular complexity index is 375. The molecule has 1 aliphatic rings. The summed E-state index contributed by atoms with van der Waals surface area (Å²) in [6, 6.07) is 0. The zero-order valence-electron chi connectivity index (χ0n) is 12.7. The number of likely N-dealkylation sites (tertiary alicyclic amines) is 1. The molecular formula is C14H24BNO3S. The van der Waals surface area contributed by atoms with Gasteiger partial charge in [0.2, 0.25) is 11.8 Å². The molecule has 1 saturated heterocycles. The van der Waals surface area contributed by atoms with Crippen molar-refractivity contribution in [3.05, 3.63) is 0 Å². The Morgan fingerprint density at radius 1 is 1.40 bits per heavy atom. The van der Waals surface area contributed by atoms with E-state index >= 15 is 0 Å². The van der Waals surface area contributed by atoms with Crippen LogP contribution in [0.2, 0.25) is 0 Å². The van der Waals surface area contributed by atoms with Crippen molar-refractivity contribution < 1.29 is 14.4 Å². The summed E-state index contributed by atoms with van der Waals surface area (Å²) >= 11 is 1.61. The molecule has 0 radical (unpaired) electrons. The van der Waals surface area contributed by atoms with Gasteiger partial charge >= 0.3 is 0 Å². The highest BCUT2D eigenvalue weighted by molar-refractivity contribution is 8.01. The molecule has 1 rings (SSSR count). The van der Waals surface area contributed by atoms with Crippen LogP contribution in [0.4, 0.5) is 0 Å². The topological polar surface area (TPSA) is 54.5 Å². The summed E-state index contributed by atoms with van der Waals surface area (Å²) in [6.45, 7) is 4.69. The fraction of sp³-hybridized carbons (Fsp3) is 0.786. The largest absolute Gasteiger partial charge is 0.312 e. The number of carbonyl (C=O) groups is 3. The Kier molecular flexibility index (Phi) is 7.34. The van der Waals surface area contributed by atoms with E-state index in [1.54, 1.807) is 19.6 Å². The maximum Gasteiger partial charge on any atom is 0.242 e. The minimum atomic E-state index is -0.185. The third-order valence-electron chi connectivity index (χ3n) is 3.58. The van der Waals surface area contributed by atoms with E-state index in [1.807, 2.05) is 0 Å². The number of hydrogen-bond acceptors (Lipinski definition) is 4. The third kappa shape index (κ3) is 5.31. The van der Waals surface area contributed by atoms with Crippen molar-refractivity contribution in [1.29, 1.82) is 0 Å². The maximum absolute atomic E-state index is 12.2. The van der Waals surface area contributed by atoms with Crippen molar-refractivity contribution in [3.63, 3.8) is 0 Å². The first-order chi connectivity index (χ1) is 9.45. The standard InChI is InChI=1S/C14H24BNO3S/c1-3-10(2)20-11-9-13(18)16(14(11)19)8-6-4-5-7-12(15)17/h10-11H,3-9,15H2,1-2H3. The van der Waals surface area contributed by atoms with Crippen LogP contribution in [0.5, 0.6) is 0 Å². The quantitative estimate of drug-likeness (QED) is 0.366. The molecule has 4 nitrogen and oxygen atoms in total. The van der Waals surface area contributed by atoms with Crippen LogP contribution in [-0.4, -0.2) is 47.3 Å². The minimum absolute atomic E-state index is 0.0214. The second-order valence-corrected chi connectivity index (χ2v) is 7.09. The van der Waals surface area contributed by atoms with Crippen molar-refractivity contribution in [2.45, 2.75) is 62.9 Å². The lowest BCUT2D eigenvalue weighted by Gasteiger charge is -2.16. The van der Waals surface area contributed by atoms with Crippen LogP contribution in [0, 0.1) is 0 Å². The van der Waals surface area contributed by atoms with E-state index < -0.39 is 0 Å². The van der Waals surface area contributed by atoms with Crippen LogP contribution < -0.4 is 0 Å². The van der Waals surface area contributed by atoms with Crippen LogP contribution in [0.3, 0.4) is 0 Å². The Morgan fingerprint density at radius 2 is 2.10 bits per heavy atom. The zero-order valence-corrected chi connectivity index (χ0v) is 13.5. The van der Waals surface area contributed by atoms with Gasteiger partial charge in [-0.1, -0.05) is 20.3 Å². The Hall–Kier alpha value is -0.775. The van der Waals surface area contributed by atoms with Gasteiger partial charge in [-0.3, -0.25) is 14.5 Å². The molecule has 0 bridgehead atoms. The monoisotopic (exact) mass is 297 g/mol. The van der Waals surface area contributed by atoms with E-state index in [2.05, 4.69) is 13.8 Å². The highest BCUT2D eigenvalue weighted by atomic mass is 32.2. The summed E-state index contributed by atoms with van der Waals surface area (Å²) in [5.74, 6) is -0.0609. The van der Waals surface area contributed by atoms with E-state index in [9.17, 15) is 14.4 Å². The minimum Gasteiger partial charge on any atom is -0.312 e. The first kappa shape index (κ1) is 17.3. The molecule has 1 heterocycles. The van der Waals surface area contributed by atoms with Gasteiger partial charge < -0.3 is 4.79 Å². The molecule has 0 spiro atoms. The lowest BCUT2D eigenvalue weighted by molar-refractivity contribution is -0.138. The number of unbranched alkanes of at least 4 members (excludes halogenated alkanes) is 2. The predicted molar refractivity (Wildman–Crippen MR) is 84.5 cm³/mol. The molecule has 112 valence electrons. The van der Waals surface area contributed by atoms with Gasteiger partial charge in [0, 0.05) is 18.2 Å². The summed E-state index contributed by atoms with van der Waals surface area (Å²) in [5.41, 5.74) is 0.198. The molecule has 2 atom stereocenters. The number of imide groups is 1. The molecule has 0 N–H and O–H groups in total. The summed E-state index contributed by atoms with van der Waals surface area (Å²) in [7, 11) is 1.59. The number of rotatable bonds is 9. The van der Waals surface area contributed by atoms with Gasteiger partial charge in [-0.2, -0.15) is 0 Å². The summed E-state index contributed by atoms with van der Waals surface area (Å²) < 4.78 is 0. The predicted octanol–water partition coefficient (Wildman–Crippen LogP) is 1.37. The van der Waals surface area contributed by atoms with E-state index in [0.29, 0.717) is 24.6 Å². The van der Waals surface area contributed by atoms with Gasteiger partial charge in [0.15, 0.2) is 7.85 Å². The van der Waals surface area contributed by atoms with E-state index in [0.717, 1.165) is 25.7 Å². The molecule has 2 amide bonds. The van der Waals surface area contributed by atoms with Crippen LogP contribution in [0.15, 0.2) is 0 Å². The Balaban J connectivity index is 2.33. The molecule has 0 aliphatic carbocycles. The number of nitrogens with zero attached hydrogens (tertiary/aromatic N) is 1. The highest BCUT2D eigenvalue weighted by Gasteiger charge is 2.38. The molecular weight excluding hydrogens is 273 g/mol. The number of carbonyl (C=O) groups excluding carboxylic acids is 3. The first-order valence-corrected chi connectivity index (χ1v) is 8.39. The first-order valence-electron chi connectivity index (χ1n) is 7.44. The van der Waals surface area contributed by atoms with Gasteiger partial charge in [-0.25, -0.2) is 0 Å². The fourth-order valence-corrected chi connectivity index (χ4v) is 3.43. The number of amides is 2. The second kappa shape index (κ2) is 8.50. The lowest BCUT2D eigenvalue weighted by atomic mass is 9.97. The van der Waals surface area contributed by atoms with Crippen LogP contribution in [-0.2, 0) is 14.4 Å². The van der Waals surface area contributed by atoms with E-state index in [1.165, 1.54) is 4.90 Å². The van der Waals surface area contributed by atoms with Gasteiger partial charge in [0.1, 0.15) is 0 Å². The highest BCUT2D eigenvalue weighted by Crippen LogP contribution is 2.29. The molecule has 20 heavy (non-hydrogen) atoms.